The maximum Gasteiger partial charge on any atom is 0.131 e. The van der Waals surface area contributed by atoms with Crippen LogP contribution in [0.3, 0.4) is 0 Å². The number of methoxy groups -OCH3 is 2. The van der Waals surface area contributed by atoms with Crippen LogP contribution in [0.25, 0.3) is 21.9 Å². The van der Waals surface area contributed by atoms with E-state index in [1.807, 2.05) is 30.3 Å². The van der Waals surface area contributed by atoms with Crippen LogP contribution in [0.15, 0.2) is 60.7 Å². The summed E-state index contributed by atoms with van der Waals surface area (Å²) in [6.45, 7) is 0. The number of ether oxygens (including phenoxy) is 2. The summed E-state index contributed by atoms with van der Waals surface area (Å²) >= 11 is 0. The lowest BCUT2D eigenvalue weighted by Crippen LogP contribution is -1.91. The normalized spacial score (nSPS) is 10.5. The number of rotatable bonds is 3. The van der Waals surface area contributed by atoms with Crippen molar-refractivity contribution in [1.82, 2.24) is 0 Å². The van der Waals surface area contributed by atoms with Crippen LogP contribution in [-0.4, -0.2) is 14.2 Å². The zero-order valence-corrected chi connectivity index (χ0v) is 11.6. The van der Waals surface area contributed by atoms with Gasteiger partial charge in [0.25, 0.3) is 0 Å². The standard InChI is InChI=1S/C18H16O2/c1-19-16-10-6-9-14-11-15(12-17(20-2)18(14)16)13-7-4-3-5-8-13/h3-12H,1-2H3. The molecule has 20 heavy (non-hydrogen) atoms. The van der Waals surface area contributed by atoms with Crippen LogP contribution < -0.4 is 9.47 Å². The Kier molecular flexibility index (Phi) is 3.30. The van der Waals surface area contributed by atoms with Crippen molar-refractivity contribution in [2.45, 2.75) is 0 Å². The summed E-state index contributed by atoms with van der Waals surface area (Å²) in [5, 5.41) is 2.12. The molecular formula is C18H16O2. The lowest BCUT2D eigenvalue weighted by atomic mass is 10.00. The molecule has 0 radical (unpaired) electrons. The van der Waals surface area contributed by atoms with E-state index in [0.29, 0.717) is 0 Å². The summed E-state index contributed by atoms with van der Waals surface area (Å²) in [4.78, 5) is 0. The number of benzene rings is 3. The van der Waals surface area contributed by atoms with E-state index in [4.69, 9.17) is 9.47 Å². The average molecular weight is 264 g/mol. The monoisotopic (exact) mass is 264 g/mol. The van der Waals surface area contributed by atoms with E-state index in [1.54, 1.807) is 14.2 Å². The van der Waals surface area contributed by atoms with Crippen molar-refractivity contribution in [3.63, 3.8) is 0 Å². The summed E-state index contributed by atoms with van der Waals surface area (Å²) in [5.41, 5.74) is 2.32. The third kappa shape index (κ3) is 2.10. The van der Waals surface area contributed by atoms with Gasteiger partial charge in [0.2, 0.25) is 0 Å². The van der Waals surface area contributed by atoms with Gasteiger partial charge in [-0.25, -0.2) is 0 Å². The molecule has 0 N–H and O–H groups in total. The van der Waals surface area contributed by atoms with Gasteiger partial charge >= 0.3 is 0 Å². The molecule has 0 bridgehead atoms. The van der Waals surface area contributed by atoms with Gasteiger partial charge in [-0.05, 0) is 34.7 Å². The summed E-state index contributed by atoms with van der Waals surface area (Å²) in [6, 6.07) is 20.5. The summed E-state index contributed by atoms with van der Waals surface area (Å²) in [5.74, 6) is 1.66. The molecule has 0 aliphatic carbocycles. The SMILES string of the molecule is COc1cccc2cc(-c3ccccc3)cc(OC)c12. The molecule has 2 heteroatoms. The van der Waals surface area contributed by atoms with E-state index in [-0.39, 0.29) is 0 Å². The second kappa shape index (κ2) is 5.25. The summed E-state index contributed by atoms with van der Waals surface area (Å²) in [6.07, 6.45) is 0. The Bertz CT molecular complexity index is 733. The average Bonchev–Trinajstić information content (AvgIpc) is 2.53. The van der Waals surface area contributed by atoms with Crippen molar-refractivity contribution in [2.24, 2.45) is 0 Å². The largest absolute Gasteiger partial charge is 0.496 e. The van der Waals surface area contributed by atoms with Crippen molar-refractivity contribution in [1.29, 1.82) is 0 Å². The molecule has 3 rings (SSSR count). The van der Waals surface area contributed by atoms with Gasteiger partial charge in [0, 0.05) is 0 Å². The molecular weight excluding hydrogens is 248 g/mol. The fraction of sp³-hybridized carbons (Fsp3) is 0.111. The first-order valence-electron chi connectivity index (χ1n) is 6.53. The van der Waals surface area contributed by atoms with Crippen LogP contribution in [0.5, 0.6) is 11.5 Å². The summed E-state index contributed by atoms with van der Waals surface area (Å²) < 4.78 is 11.0. The predicted octanol–water partition coefficient (Wildman–Crippen LogP) is 4.52. The van der Waals surface area contributed by atoms with Crippen molar-refractivity contribution in [3.05, 3.63) is 60.7 Å². The molecule has 2 nitrogen and oxygen atoms in total. The first-order valence-corrected chi connectivity index (χ1v) is 6.53. The summed E-state index contributed by atoms with van der Waals surface area (Å²) in [7, 11) is 3.37. The third-order valence-corrected chi connectivity index (χ3v) is 3.45. The highest BCUT2D eigenvalue weighted by atomic mass is 16.5. The molecule has 0 amide bonds. The molecule has 0 heterocycles. The Balaban J connectivity index is 2.28. The highest BCUT2D eigenvalue weighted by Crippen LogP contribution is 2.37. The Morgan fingerprint density at radius 1 is 0.650 bits per heavy atom. The maximum atomic E-state index is 5.55. The molecule has 0 aliphatic rings. The molecule has 0 unspecified atom stereocenters. The van der Waals surface area contributed by atoms with Crippen LogP contribution in [0.4, 0.5) is 0 Å². The molecule has 0 saturated carbocycles. The third-order valence-electron chi connectivity index (χ3n) is 3.45. The van der Waals surface area contributed by atoms with E-state index in [9.17, 15) is 0 Å². The van der Waals surface area contributed by atoms with Crippen LogP contribution in [0, 0.1) is 0 Å². The second-order valence-electron chi connectivity index (χ2n) is 4.60. The van der Waals surface area contributed by atoms with Gasteiger partial charge in [-0.1, -0.05) is 42.5 Å². The predicted molar refractivity (Wildman–Crippen MR) is 82.5 cm³/mol. The number of fused-ring (bicyclic) bond motifs is 1. The lowest BCUT2D eigenvalue weighted by Gasteiger charge is -2.12. The van der Waals surface area contributed by atoms with Crippen LogP contribution in [0.2, 0.25) is 0 Å². The molecule has 0 aliphatic heterocycles. The van der Waals surface area contributed by atoms with Gasteiger partial charge in [-0.2, -0.15) is 0 Å². The van der Waals surface area contributed by atoms with Crippen molar-refractivity contribution < 1.29 is 9.47 Å². The van der Waals surface area contributed by atoms with Crippen LogP contribution in [0.1, 0.15) is 0 Å². The lowest BCUT2D eigenvalue weighted by molar-refractivity contribution is 0.405. The molecule has 100 valence electrons. The van der Waals surface area contributed by atoms with Crippen LogP contribution >= 0.6 is 0 Å². The molecule has 3 aromatic carbocycles. The van der Waals surface area contributed by atoms with Crippen LogP contribution in [-0.2, 0) is 0 Å². The number of hydrogen-bond donors (Lipinski definition) is 0. The van der Waals surface area contributed by atoms with Gasteiger partial charge in [0.15, 0.2) is 0 Å². The Morgan fingerprint density at radius 3 is 2.10 bits per heavy atom. The zero-order chi connectivity index (χ0) is 13.9. The minimum atomic E-state index is 0.832. The molecule has 0 aromatic heterocycles. The molecule has 0 spiro atoms. The Labute approximate surface area is 118 Å². The number of hydrogen-bond acceptors (Lipinski definition) is 2. The van der Waals surface area contributed by atoms with Crippen molar-refractivity contribution >= 4 is 10.8 Å². The topological polar surface area (TPSA) is 18.5 Å². The highest BCUT2D eigenvalue weighted by Gasteiger charge is 2.10. The van der Waals surface area contributed by atoms with Crippen molar-refractivity contribution in [3.8, 4) is 22.6 Å². The van der Waals surface area contributed by atoms with E-state index in [0.717, 1.165) is 27.8 Å². The van der Waals surface area contributed by atoms with Gasteiger partial charge in [0.05, 0.1) is 19.6 Å². The highest BCUT2D eigenvalue weighted by molar-refractivity contribution is 5.97. The maximum absolute atomic E-state index is 5.55. The first-order chi connectivity index (χ1) is 9.83. The second-order valence-corrected chi connectivity index (χ2v) is 4.60. The van der Waals surface area contributed by atoms with Crippen molar-refractivity contribution in [2.75, 3.05) is 14.2 Å². The van der Waals surface area contributed by atoms with Gasteiger partial charge < -0.3 is 9.47 Å². The molecule has 0 fully saturated rings. The van der Waals surface area contributed by atoms with Gasteiger partial charge in [0.1, 0.15) is 11.5 Å². The molecule has 0 saturated heterocycles. The Hall–Kier alpha value is -2.48. The minimum Gasteiger partial charge on any atom is -0.496 e. The van der Waals surface area contributed by atoms with E-state index >= 15 is 0 Å². The fourth-order valence-electron chi connectivity index (χ4n) is 2.48. The smallest absolute Gasteiger partial charge is 0.131 e. The van der Waals surface area contributed by atoms with E-state index < -0.39 is 0 Å². The van der Waals surface area contributed by atoms with E-state index in [1.165, 1.54) is 5.56 Å². The quantitative estimate of drug-likeness (QED) is 0.692. The first kappa shape index (κ1) is 12.5. The molecule has 0 atom stereocenters. The fourth-order valence-corrected chi connectivity index (χ4v) is 2.48. The Morgan fingerprint density at radius 2 is 1.40 bits per heavy atom. The minimum absolute atomic E-state index is 0.832. The van der Waals surface area contributed by atoms with Gasteiger partial charge in [-0.3, -0.25) is 0 Å². The zero-order valence-electron chi connectivity index (χ0n) is 11.6. The molecule has 3 aromatic rings. The van der Waals surface area contributed by atoms with E-state index in [2.05, 4.69) is 30.3 Å². The van der Waals surface area contributed by atoms with Gasteiger partial charge in [-0.15, -0.1) is 0 Å².